The average molecular weight is 661 g/mol. The first-order valence-electron chi connectivity index (χ1n) is 14.9. The monoisotopic (exact) mass is 660 g/mol. The number of nitrogen functional groups attached to an aromatic ring is 1. The zero-order valence-corrected chi connectivity index (χ0v) is 27.5. The number of hydrogen-bond donors (Lipinski definition) is 4. The highest BCUT2D eigenvalue weighted by Crippen LogP contribution is 2.38. The van der Waals surface area contributed by atoms with Gasteiger partial charge in [0, 0.05) is 13.1 Å². The van der Waals surface area contributed by atoms with Crippen molar-refractivity contribution in [3.63, 3.8) is 0 Å². The third-order valence-corrected chi connectivity index (χ3v) is 8.32. The maximum absolute atomic E-state index is 14.4. The third-order valence-electron chi connectivity index (χ3n) is 6.24. The van der Waals surface area contributed by atoms with Gasteiger partial charge in [-0.3, -0.25) is 14.2 Å². The van der Waals surface area contributed by atoms with E-state index in [-0.39, 0.29) is 51.4 Å². The number of nitrogens with zero attached hydrogens (tertiary/aromatic N) is 4. The summed E-state index contributed by atoms with van der Waals surface area (Å²) in [5.41, 5.74) is 7.78. The van der Waals surface area contributed by atoms with Gasteiger partial charge < -0.3 is 29.8 Å². The van der Waals surface area contributed by atoms with E-state index < -0.39 is 31.5 Å². The zero-order chi connectivity index (χ0) is 33.0. The molecule has 0 amide bonds. The fraction of sp³-hybridized carbons (Fsp3) is 0.516. The van der Waals surface area contributed by atoms with E-state index in [9.17, 15) is 14.2 Å². The maximum atomic E-state index is 14.4. The Hall–Kier alpha value is -3.84. The van der Waals surface area contributed by atoms with Crippen LogP contribution < -0.4 is 21.2 Å². The van der Waals surface area contributed by atoms with Gasteiger partial charge in [-0.05, 0) is 38.7 Å². The molecule has 2 aromatic heterocycles. The molecule has 0 saturated carbocycles. The van der Waals surface area contributed by atoms with Crippen LogP contribution in [0.5, 0.6) is 0 Å². The molecule has 0 radical (unpaired) electrons. The lowest BCUT2D eigenvalue weighted by Crippen LogP contribution is -2.45. The Morgan fingerprint density at radius 3 is 2.46 bits per heavy atom. The molecule has 5 N–H and O–H groups in total. The van der Waals surface area contributed by atoms with Gasteiger partial charge in [0.05, 0.1) is 25.6 Å². The van der Waals surface area contributed by atoms with Crippen molar-refractivity contribution < 1.29 is 28.4 Å². The standard InChI is InChI=1S/C30H45N8O6P.CH4/c1-7-13-32-26-25-27(35-30(31)34-26)38(18-33-25)14-15-42-19-45(41,36-22(6)28(39)44-21(4)5)37-24(29(40)43-17-20(2)3)16-23-11-9-8-10-12-23;/h7-12,18,20-22,24H,1,13-17,19H2,2-6H3,(H2,36,37,41)(H3,31,32,34,35);1H4. The van der Waals surface area contributed by atoms with Crippen molar-refractivity contribution in [2.75, 3.05) is 37.2 Å². The van der Waals surface area contributed by atoms with Gasteiger partial charge in [0.15, 0.2) is 17.0 Å². The Kier molecular flexibility index (Phi) is 15.3. The lowest BCUT2D eigenvalue weighted by molar-refractivity contribution is -0.149. The minimum Gasteiger partial charge on any atom is -0.464 e. The summed E-state index contributed by atoms with van der Waals surface area (Å²) in [6.07, 6.45) is 2.77. The summed E-state index contributed by atoms with van der Waals surface area (Å²) in [7, 11) is -3.76. The number of esters is 2. The van der Waals surface area contributed by atoms with E-state index in [0.29, 0.717) is 30.1 Å². The van der Waals surface area contributed by atoms with Crippen molar-refractivity contribution in [3.8, 4) is 0 Å². The molecule has 3 unspecified atom stereocenters. The highest BCUT2D eigenvalue weighted by atomic mass is 31.2. The number of aromatic nitrogens is 4. The minimum atomic E-state index is -3.76. The van der Waals surface area contributed by atoms with Crippen molar-refractivity contribution in [3.05, 3.63) is 54.9 Å². The van der Waals surface area contributed by atoms with Crippen molar-refractivity contribution in [1.82, 2.24) is 29.7 Å². The van der Waals surface area contributed by atoms with Crippen LogP contribution in [-0.2, 0) is 41.3 Å². The summed E-state index contributed by atoms with van der Waals surface area (Å²) in [4.78, 5) is 38.8. The lowest BCUT2D eigenvalue weighted by Gasteiger charge is -2.28. The second-order valence-electron chi connectivity index (χ2n) is 11.2. The number of imidazole rings is 1. The molecule has 254 valence electrons. The Morgan fingerprint density at radius 1 is 1.09 bits per heavy atom. The fourth-order valence-electron chi connectivity index (χ4n) is 4.22. The molecule has 3 rings (SSSR count). The Bertz CT molecular complexity index is 1470. The number of fused-ring (bicyclic) bond motifs is 1. The van der Waals surface area contributed by atoms with Crippen molar-refractivity contribution in [1.29, 1.82) is 0 Å². The Morgan fingerprint density at radius 2 is 1.80 bits per heavy atom. The molecule has 15 heteroatoms. The smallest absolute Gasteiger partial charge is 0.323 e. The summed E-state index contributed by atoms with van der Waals surface area (Å²) in [5, 5.41) is 8.91. The number of benzene rings is 1. The molecule has 3 aromatic rings. The summed E-state index contributed by atoms with van der Waals surface area (Å²) in [6.45, 7) is 13.6. The topological polar surface area (TPSA) is 185 Å². The summed E-state index contributed by atoms with van der Waals surface area (Å²) in [6, 6.07) is 7.37. The fourth-order valence-corrected chi connectivity index (χ4v) is 6.26. The van der Waals surface area contributed by atoms with Crippen LogP contribution in [0.25, 0.3) is 11.2 Å². The molecule has 14 nitrogen and oxygen atoms in total. The molecule has 46 heavy (non-hydrogen) atoms. The van der Waals surface area contributed by atoms with Gasteiger partial charge in [0.25, 0.3) is 0 Å². The minimum absolute atomic E-state index is 0. The van der Waals surface area contributed by atoms with Crippen LogP contribution in [0, 0.1) is 5.92 Å². The van der Waals surface area contributed by atoms with Crippen LogP contribution in [0.15, 0.2) is 49.3 Å². The van der Waals surface area contributed by atoms with Crippen LogP contribution >= 0.6 is 7.44 Å². The molecule has 0 bridgehead atoms. The summed E-state index contributed by atoms with van der Waals surface area (Å²) in [5.74, 6) is -0.483. The normalized spacial score (nSPS) is 13.9. The number of rotatable bonds is 19. The van der Waals surface area contributed by atoms with E-state index in [1.54, 1.807) is 37.7 Å². The van der Waals surface area contributed by atoms with Gasteiger partial charge in [-0.25, -0.2) is 15.2 Å². The number of hydrogen-bond acceptors (Lipinski definition) is 11. The molecule has 0 fully saturated rings. The van der Waals surface area contributed by atoms with Gasteiger partial charge in [0.1, 0.15) is 18.4 Å². The van der Waals surface area contributed by atoms with Gasteiger partial charge in [-0.1, -0.05) is 57.7 Å². The summed E-state index contributed by atoms with van der Waals surface area (Å²) >= 11 is 0. The first kappa shape index (κ1) is 38.3. The van der Waals surface area contributed by atoms with E-state index >= 15 is 0 Å². The predicted octanol–water partition coefficient (Wildman–Crippen LogP) is 4.14. The second kappa shape index (κ2) is 18.3. The van der Waals surface area contributed by atoms with Crippen molar-refractivity contribution in [2.45, 2.75) is 73.2 Å². The first-order valence-corrected chi connectivity index (χ1v) is 16.8. The van der Waals surface area contributed by atoms with E-state index in [2.05, 4.69) is 37.0 Å². The number of carbonyl (C=O) groups is 2. The number of anilines is 2. The van der Waals surface area contributed by atoms with E-state index in [1.807, 2.05) is 44.2 Å². The van der Waals surface area contributed by atoms with Crippen LogP contribution in [0.4, 0.5) is 11.8 Å². The molecular weight excluding hydrogens is 611 g/mol. The molecule has 0 saturated heterocycles. The highest BCUT2D eigenvalue weighted by Gasteiger charge is 2.34. The summed E-state index contributed by atoms with van der Waals surface area (Å²) < 4.78 is 32.8. The van der Waals surface area contributed by atoms with E-state index in [1.165, 1.54) is 0 Å². The molecule has 0 spiro atoms. The lowest BCUT2D eigenvalue weighted by atomic mass is 10.1. The molecule has 0 aliphatic heterocycles. The number of nitrogens with two attached hydrogens (primary N) is 1. The van der Waals surface area contributed by atoms with Crippen LogP contribution in [0.2, 0.25) is 0 Å². The van der Waals surface area contributed by atoms with Gasteiger partial charge in [-0.2, -0.15) is 9.97 Å². The van der Waals surface area contributed by atoms with Crippen LogP contribution in [0.1, 0.15) is 47.6 Å². The van der Waals surface area contributed by atoms with Crippen LogP contribution in [-0.4, -0.2) is 75.8 Å². The Balaban J connectivity index is 0.00000736. The van der Waals surface area contributed by atoms with Crippen LogP contribution in [0.3, 0.4) is 0 Å². The van der Waals surface area contributed by atoms with Crippen molar-refractivity contribution >= 4 is 42.3 Å². The van der Waals surface area contributed by atoms with Crippen molar-refractivity contribution in [2.24, 2.45) is 5.92 Å². The molecular formula is C31H49N8O6P. The molecule has 0 aliphatic rings. The first-order chi connectivity index (χ1) is 21.4. The van der Waals surface area contributed by atoms with E-state index in [0.717, 1.165) is 5.56 Å². The largest absolute Gasteiger partial charge is 0.464 e. The molecule has 2 heterocycles. The maximum Gasteiger partial charge on any atom is 0.323 e. The van der Waals surface area contributed by atoms with Gasteiger partial charge in [0.2, 0.25) is 13.4 Å². The molecule has 0 aliphatic carbocycles. The number of ether oxygens (including phenoxy) is 3. The second-order valence-corrected chi connectivity index (χ2v) is 13.5. The third kappa shape index (κ3) is 11.8. The quantitative estimate of drug-likeness (QED) is 0.0623. The molecule has 1 aromatic carbocycles. The number of nitrogens with one attached hydrogen (secondary N) is 3. The predicted molar refractivity (Wildman–Crippen MR) is 180 cm³/mol. The Labute approximate surface area is 271 Å². The molecule has 3 atom stereocenters. The SMILES string of the molecule is C.C=CCNc1nc(N)nc2c1ncn2CCOCP(=O)(NC(C)C(=O)OC(C)C)NC(Cc1ccccc1)C(=O)OCC(C)C. The van der Waals surface area contributed by atoms with Gasteiger partial charge in [-0.15, -0.1) is 6.58 Å². The average Bonchev–Trinajstić information content (AvgIpc) is 3.39. The zero-order valence-electron chi connectivity index (χ0n) is 26.6. The number of carbonyl (C=O) groups excluding carboxylic acids is 2. The van der Waals surface area contributed by atoms with Gasteiger partial charge >= 0.3 is 11.9 Å². The highest BCUT2D eigenvalue weighted by molar-refractivity contribution is 7.59. The van der Waals surface area contributed by atoms with E-state index in [4.69, 9.17) is 19.9 Å².